The number of nitrogens with zero attached hydrogens (tertiary/aromatic N) is 4. The van der Waals surface area contributed by atoms with Crippen LogP contribution in [0.5, 0.6) is 5.75 Å². The molecule has 2 aromatic rings. The summed E-state index contributed by atoms with van der Waals surface area (Å²) in [5.41, 5.74) is 0.626. The molecule has 1 aliphatic rings. The van der Waals surface area contributed by atoms with E-state index in [1.165, 1.54) is 4.68 Å². The van der Waals surface area contributed by atoms with E-state index in [-0.39, 0.29) is 18.9 Å². The molecule has 158 valence electrons. The van der Waals surface area contributed by atoms with Crippen LogP contribution in [0.2, 0.25) is 0 Å². The highest BCUT2D eigenvalue weighted by molar-refractivity contribution is 5.76. The average Bonchev–Trinajstić information content (AvgIpc) is 3.08. The summed E-state index contributed by atoms with van der Waals surface area (Å²) in [6, 6.07) is 8.90. The van der Waals surface area contributed by atoms with Crippen molar-refractivity contribution >= 4 is 5.91 Å². The van der Waals surface area contributed by atoms with Gasteiger partial charge in [0, 0.05) is 51.4 Å². The van der Waals surface area contributed by atoms with Crippen LogP contribution >= 0.6 is 0 Å². The van der Waals surface area contributed by atoms with E-state index >= 15 is 0 Å². The molecule has 1 aromatic heterocycles. The number of aryl methyl sites for hydroxylation is 2. The van der Waals surface area contributed by atoms with E-state index in [1.807, 2.05) is 24.3 Å². The first-order chi connectivity index (χ1) is 13.8. The molecule has 6 nitrogen and oxygen atoms in total. The summed E-state index contributed by atoms with van der Waals surface area (Å²) in [4.78, 5) is 16.5. The van der Waals surface area contributed by atoms with Gasteiger partial charge in [0.1, 0.15) is 5.75 Å². The first-order valence-corrected chi connectivity index (χ1v) is 9.51. The van der Waals surface area contributed by atoms with Gasteiger partial charge in [0.25, 0.3) is 0 Å². The highest BCUT2D eigenvalue weighted by Crippen LogP contribution is 2.28. The van der Waals surface area contributed by atoms with Crippen molar-refractivity contribution in [2.45, 2.75) is 32.6 Å². The monoisotopic (exact) mass is 410 g/mol. The van der Waals surface area contributed by atoms with Gasteiger partial charge in [-0.3, -0.25) is 14.4 Å². The third-order valence-corrected chi connectivity index (χ3v) is 5.07. The lowest BCUT2D eigenvalue weighted by atomic mass is 10.2. The van der Waals surface area contributed by atoms with Gasteiger partial charge in [-0.2, -0.15) is 18.3 Å². The quantitative estimate of drug-likeness (QED) is 0.735. The number of piperazine rings is 1. The highest BCUT2D eigenvalue weighted by Gasteiger charge is 2.34. The third kappa shape index (κ3) is 5.50. The topological polar surface area (TPSA) is 50.6 Å². The predicted octanol–water partition coefficient (Wildman–Crippen LogP) is 2.95. The van der Waals surface area contributed by atoms with Crippen molar-refractivity contribution in [2.75, 3.05) is 33.3 Å². The van der Waals surface area contributed by atoms with E-state index in [0.717, 1.165) is 37.0 Å². The zero-order chi connectivity index (χ0) is 21.0. The van der Waals surface area contributed by atoms with E-state index in [4.69, 9.17) is 4.74 Å². The Bertz CT molecular complexity index is 842. The van der Waals surface area contributed by atoms with Gasteiger partial charge < -0.3 is 9.64 Å². The summed E-state index contributed by atoms with van der Waals surface area (Å²) in [6.07, 6.45) is -4.34. The van der Waals surface area contributed by atoms with Gasteiger partial charge in [-0.15, -0.1) is 0 Å². The largest absolute Gasteiger partial charge is 0.497 e. The molecule has 1 saturated heterocycles. The van der Waals surface area contributed by atoms with Gasteiger partial charge >= 0.3 is 6.18 Å². The predicted molar refractivity (Wildman–Crippen MR) is 101 cm³/mol. The van der Waals surface area contributed by atoms with Crippen LogP contribution in [0, 0.1) is 6.92 Å². The van der Waals surface area contributed by atoms with Gasteiger partial charge in [0.05, 0.1) is 7.11 Å². The molecule has 0 bridgehead atoms. The van der Waals surface area contributed by atoms with Crippen molar-refractivity contribution in [1.29, 1.82) is 0 Å². The van der Waals surface area contributed by atoms with Crippen LogP contribution in [-0.4, -0.2) is 58.8 Å². The number of ether oxygens (including phenoxy) is 1. The van der Waals surface area contributed by atoms with Crippen molar-refractivity contribution in [3.05, 3.63) is 47.3 Å². The summed E-state index contributed by atoms with van der Waals surface area (Å²) in [7, 11) is 1.64. The van der Waals surface area contributed by atoms with Crippen LogP contribution in [0.25, 0.3) is 0 Å². The van der Waals surface area contributed by atoms with E-state index in [9.17, 15) is 18.0 Å². The fraction of sp³-hybridized carbons (Fsp3) is 0.500. The molecule has 1 amide bonds. The first kappa shape index (κ1) is 21.2. The molecular formula is C20H25F3N4O2. The Morgan fingerprint density at radius 3 is 2.52 bits per heavy atom. The van der Waals surface area contributed by atoms with Gasteiger partial charge in [0.2, 0.25) is 5.91 Å². The number of benzene rings is 1. The maximum atomic E-state index is 12.7. The number of hydrogen-bond donors (Lipinski definition) is 0. The second-order valence-electron chi connectivity index (χ2n) is 7.15. The molecule has 0 unspecified atom stereocenters. The molecule has 1 aromatic carbocycles. The first-order valence-electron chi connectivity index (χ1n) is 9.51. The fourth-order valence-corrected chi connectivity index (χ4v) is 3.42. The van der Waals surface area contributed by atoms with Crippen LogP contribution in [0.3, 0.4) is 0 Å². The molecule has 0 spiro atoms. The van der Waals surface area contributed by atoms with Crippen molar-refractivity contribution in [2.24, 2.45) is 0 Å². The van der Waals surface area contributed by atoms with Crippen molar-refractivity contribution < 1.29 is 22.7 Å². The third-order valence-electron chi connectivity index (χ3n) is 5.07. The summed E-state index contributed by atoms with van der Waals surface area (Å²) in [6.45, 7) is 5.20. The van der Waals surface area contributed by atoms with Gasteiger partial charge in [-0.05, 0) is 30.7 Å². The molecule has 0 aliphatic carbocycles. The maximum Gasteiger partial charge on any atom is 0.435 e. The lowest BCUT2D eigenvalue weighted by Crippen LogP contribution is -2.48. The maximum absolute atomic E-state index is 12.7. The number of halogens is 3. The van der Waals surface area contributed by atoms with Crippen LogP contribution in [0.15, 0.2) is 30.3 Å². The lowest BCUT2D eigenvalue weighted by Gasteiger charge is -2.35. The lowest BCUT2D eigenvalue weighted by molar-refractivity contribution is -0.141. The molecule has 0 radical (unpaired) electrons. The molecule has 2 heterocycles. The SMILES string of the molecule is COc1cccc(CN2CCN(C(=O)CCn3nc(C(F)(F)F)cc3C)CC2)c1. The molecule has 9 heteroatoms. The average molecular weight is 410 g/mol. The Morgan fingerprint density at radius 1 is 1.17 bits per heavy atom. The summed E-state index contributed by atoms with van der Waals surface area (Å²) in [5.74, 6) is 0.758. The second kappa shape index (κ2) is 8.86. The summed E-state index contributed by atoms with van der Waals surface area (Å²) in [5, 5.41) is 3.57. The van der Waals surface area contributed by atoms with E-state index in [1.54, 1.807) is 18.9 Å². The minimum Gasteiger partial charge on any atom is -0.497 e. The number of aromatic nitrogens is 2. The van der Waals surface area contributed by atoms with E-state index in [0.29, 0.717) is 18.8 Å². The Kier molecular flexibility index (Phi) is 6.46. The summed E-state index contributed by atoms with van der Waals surface area (Å²) >= 11 is 0. The fourth-order valence-electron chi connectivity index (χ4n) is 3.42. The highest BCUT2D eigenvalue weighted by atomic mass is 19.4. The van der Waals surface area contributed by atoms with E-state index < -0.39 is 11.9 Å². The smallest absolute Gasteiger partial charge is 0.435 e. The normalized spacial score (nSPS) is 15.6. The summed E-state index contributed by atoms with van der Waals surface area (Å²) < 4.78 is 44.7. The van der Waals surface area contributed by atoms with Gasteiger partial charge in [-0.1, -0.05) is 12.1 Å². The number of carbonyl (C=O) groups is 1. The second-order valence-corrected chi connectivity index (χ2v) is 7.15. The molecule has 0 saturated carbocycles. The molecule has 3 rings (SSSR count). The van der Waals surface area contributed by atoms with Crippen molar-refractivity contribution in [3.8, 4) is 5.75 Å². The molecular weight excluding hydrogens is 385 g/mol. The zero-order valence-corrected chi connectivity index (χ0v) is 16.6. The minimum atomic E-state index is -4.47. The molecule has 29 heavy (non-hydrogen) atoms. The standard InChI is InChI=1S/C20H25F3N4O2/c1-15-12-18(20(21,22)23)24-27(15)7-6-19(28)26-10-8-25(9-11-26)14-16-4-3-5-17(13-16)29-2/h3-5,12-13H,6-11,14H2,1-2H3. The molecule has 1 fully saturated rings. The zero-order valence-electron chi connectivity index (χ0n) is 16.6. The van der Waals surface area contributed by atoms with E-state index in [2.05, 4.69) is 10.00 Å². The number of carbonyl (C=O) groups excluding carboxylic acids is 1. The molecule has 0 atom stereocenters. The van der Waals surface area contributed by atoms with Crippen LogP contribution in [-0.2, 0) is 24.1 Å². The van der Waals surface area contributed by atoms with Gasteiger partial charge in [-0.25, -0.2) is 0 Å². The Labute approximate surface area is 167 Å². The van der Waals surface area contributed by atoms with Crippen LogP contribution in [0.4, 0.5) is 13.2 Å². The number of rotatable bonds is 6. The Morgan fingerprint density at radius 2 is 1.90 bits per heavy atom. The number of alkyl halides is 3. The van der Waals surface area contributed by atoms with Gasteiger partial charge in [0.15, 0.2) is 5.69 Å². The molecule has 1 aliphatic heterocycles. The Hall–Kier alpha value is -2.55. The number of hydrogen-bond acceptors (Lipinski definition) is 4. The number of methoxy groups -OCH3 is 1. The number of amides is 1. The molecule has 0 N–H and O–H groups in total. The Balaban J connectivity index is 1.47. The van der Waals surface area contributed by atoms with Crippen molar-refractivity contribution in [1.82, 2.24) is 19.6 Å². The minimum absolute atomic E-state index is 0.0607. The van der Waals surface area contributed by atoms with Crippen LogP contribution in [0.1, 0.15) is 23.4 Å². The van der Waals surface area contributed by atoms with Crippen molar-refractivity contribution in [3.63, 3.8) is 0 Å². The van der Waals surface area contributed by atoms with Crippen LogP contribution < -0.4 is 4.74 Å².